The van der Waals surface area contributed by atoms with Gasteiger partial charge in [0.1, 0.15) is 6.07 Å². The first kappa shape index (κ1) is 11.0. The van der Waals surface area contributed by atoms with Gasteiger partial charge in [0.2, 0.25) is 6.17 Å². The molecular weight excluding hydrogens is 171 g/mol. The van der Waals surface area contributed by atoms with Crippen LogP contribution in [-0.2, 0) is 4.79 Å². The molecule has 0 saturated carbocycles. The van der Waals surface area contributed by atoms with E-state index in [0.29, 0.717) is 0 Å². The second kappa shape index (κ2) is 3.57. The van der Waals surface area contributed by atoms with Crippen molar-refractivity contribution >= 4 is 5.78 Å². The summed E-state index contributed by atoms with van der Waals surface area (Å²) in [6.45, 7) is 1.81. The third-order valence-electron chi connectivity index (χ3n) is 1.52. The van der Waals surface area contributed by atoms with Crippen molar-refractivity contribution < 1.29 is 18.0 Å². The zero-order valence-electron chi connectivity index (χ0n) is 6.64. The highest BCUT2D eigenvalue weighted by molar-refractivity contribution is 5.90. The molecule has 0 aliphatic rings. The van der Waals surface area contributed by atoms with E-state index in [1.165, 1.54) is 0 Å². The maximum atomic E-state index is 12.3. The fraction of sp³-hybridized carbons (Fsp3) is 0.714. The first-order valence-electron chi connectivity index (χ1n) is 3.20. The van der Waals surface area contributed by atoms with Crippen molar-refractivity contribution in [2.24, 2.45) is 5.41 Å². The Bertz CT molecular complexity index is 219. The van der Waals surface area contributed by atoms with Crippen LogP contribution in [0.5, 0.6) is 0 Å². The monoisotopic (exact) mass is 179 g/mol. The van der Waals surface area contributed by atoms with E-state index in [4.69, 9.17) is 5.26 Å². The van der Waals surface area contributed by atoms with E-state index in [2.05, 4.69) is 0 Å². The lowest BCUT2D eigenvalue weighted by atomic mass is 9.86. The minimum Gasteiger partial charge on any atom is -0.294 e. The number of carbonyl (C=O) groups is 1. The van der Waals surface area contributed by atoms with E-state index in [-0.39, 0.29) is 0 Å². The molecule has 0 bridgehead atoms. The van der Waals surface area contributed by atoms with Crippen LogP contribution in [0.1, 0.15) is 13.8 Å². The lowest BCUT2D eigenvalue weighted by molar-refractivity contribution is -0.138. The summed E-state index contributed by atoms with van der Waals surface area (Å²) in [7, 11) is 0. The second-order valence-corrected chi connectivity index (χ2v) is 2.88. The van der Waals surface area contributed by atoms with Crippen LogP contribution in [0, 0.1) is 16.7 Å². The summed E-state index contributed by atoms with van der Waals surface area (Å²) in [5.74, 6) is -1.38. The third kappa shape index (κ3) is 1.97. The molecular formula is C7H8F3NO. The van der Waals surface area contributed by atoms with Crippen LogP contribution in [0.3, 0.4) is 0 Å². The van der Waals surface area contributed by atoms with Gasteiger partial charge in [0.15, 0.2) is 5.78 Å². The van der Waals surface area contributed by atoms with E-state index in [9.17, 15) is 18.0 Å². The number of halogens is 3. The summed E-state index contributed by atoms with van der Waals surface area (Å²) >= 11 is 0. The average molecular weight is 179 g/mol. The first-order valence-corrected chi connectivity index (χ1v) is 3.20. The van der Waals surface area contributed by atoms with Crippen LogP contribution in [0.15, 0.2) is 0 Å². The zero-order chi connectivity index (χ0) is 9.94. The largest absolute Gasteiger partial charge is 0.294 e. The number of nitrogens with zero attached hydrogens (tertiary/aromatic N) is 1. The van der Waals surface area contributed by atoms with Crippen molar-refractivity contribution in [1.82, 2.24) is 0 Å². The molecule has 0 rings (SSSR count). The van der Waals surface area contributed by atoms with Crippen molar-refractivity contribution in [2.75, 3.05) is 0 Å². The topological polar surface area (TPSA) is 40.9 Å². The Kier molecular flexibility index (Phi) is 3.25. The molecule has 68 valence electrons. The van der Waals surface area contributed by atoms with Gasteiger partial charge in [-0.3, -0.25) is 4.79 Å². The van der Waals surface area contributed by atoms with Crippen LogP contribution < -0.4 is 0 Å². The Labute approximate surface area is 68.0 Å². The lowest BCUT2D eigenvalue weighted by Crippen LogP contribution is -2.37. The summed E-state index contributed by atoms with van der Waals surface area (Å²) in [6.07, 6.45) is -5.43. The van der Waals surface area contributed by atoms with Gasteiger partial charge >= 0.3 is 0 Å². The summed E-state index contributed by atoms with van der Waals surface area (Å²) in [4.78, 5) is 10.8. The van der Waals surface area contributed by atoms with Gasteiger partial charge in [0, 0.05) is 0 Å². The smallest absolute Gasteiger partial charge is 0.250 e. The maximum absolute atomic E-state index is 12.3. The Morgan fingerprint density at radius 1 is 1.42 bits per heavy atom. The quantitative estimate of drug-likeness (QED) is 0.661. The van der Waals surface area contributed by atoms with Gasteiger partial charge in [0.05, 0.1) is 5.41 Å². The average Bonchev–Trinajstić information content (AvgIpc) is 2.01. The van der Waals surface area contributed by atoms with Crippen molar-refractivity contribution in [3.8, 4) is 6.07 Å². The van der Waals surface area contributed by atoms with Gasteiger partial charge in [-0.25, -0.2) is 13.2 Å². The highest BCUT2D eigenvalue weighted by Crippen LogP contribution is 2.27. The molecule has 0 spiro atoms. The van der Waals surface area contributed by atoms with Gasteiger partial charge in [0.25, 0.3) is 6.43 Å². The standard InChI is InChI=1S/C7H8F3NO/c1-7(2,6(9)10)5(12)4(8)3-11/h4,6H,1-2H3. The predicted octanol–water partition coefficient (Wildman–Crippen LogP) is 1.71. The van der Waals surface area contributed by atoms with E-state index in [0.717, 1.165) is 19.9 Å². The van der Waals surface area contributed by atoms with Crippen molar-refractivity contribution in [1.29, 1.82) is 5.26 Å². The Balaban J connectivity index is 4.60. The molecule has 2 nitrogen and oxygen atoms in total. The van der Waals surface area contributed by atoms with Crippen LogP contribution in [-0.4, -0.2) is 18.4 Å². The molecule has 0 aliphatic carbocycles. The van der Waals surface area contributed by atoms with Crippen molar-refractivity contribution in [2.45, 2.75) is 26.4 Å². The van der Waals surface area contributed by atoms with Gasteiger partial charge in [-0.05, 0) is 13.8 Å². The molecule has 0 amide bonds. The minimum atomic E-state index is -2.96. The molecule has 12 heavy (non-hydrogen) atoms. The molecule has 1 atom stereocenters. The molecule has 0 saturated heterocycles. The fourth-order valence-electron chi connectivity index (χ4n) is 0.493. The molecule has 0 heterocycles. The number of Topliss-reactive ketones (excluding diaryl/α,β-unsaturated/α-hetero) is 1. The molecule has 0 fully saturated rings. The van der Waals surface area contributed by atoms with E-state index >= 15 is 0 Å². The fourth-order valence-corrected chi connectivity index (χ4v) is 0.493. The van der Waals surface area contributed by atoms with Crippen LogP contribution in [0.2, 0.25) is 0 Å². The number of rotatable bonds is 3. The molecule has 0 aromatic carbocycles. The van der Waals surface area contributed by atoms with E-state index in [1.54, 1.807) is 0 Å². The van der Waals surface area contributed by atoms with Gasteiger partial charge < -0.3 is 0 Å². The van der Waals surface area contributed by atoms with E-state index < -0.39 is 23.8 Å². The number of hydrogen-bond donors (Lipinski definition) is 0. The van der Waals surface area contributed by atoms with Crippen molar-refractivity contribution in [3.63, 3.8) is 0 Å². The Morgan fingerprint density at radius 2 is 1.83 bits per heavy atom. The third-order valence-corrected chi connectivity index (χ3v) is 1.52. The number of alkyl halides is 3. The summed E-state index contributed by atoms with van der Waals surface area (Å²) in [5, 5.41) is 7.96. The number of carbonyl (C=O) groups excluding carboxylic acids is 1. The lowest BCUT2D eigenvalue weighted by Gasteiger charge is -2.21. The van der Waals surface area contributed by atoms with Gasteiger partial charge in [-0.1, -0.05) is 0 Å². The number of nitriles is 1. The number of hydrogen-bond acceptors (Lipinski definition) is 2. The molecule has 0 aromatic rings. The molecule has 0 N–H and O–H groups in total. The highest BCUT2D eigenvalue weighted by atomic mass is 19.3. The Hall–Kier alpha value is -1.05. The molecule has 5 heteroatoms. The summed E-state index contributed by atoms with van der Waals surface area (Å²) in [5.41, 5.74) is -2.09. The molecule has 1 unspecified atom stereocenters. The van der Waals surface area contributed by atoms with Crippen LogP contribution in [0.25, 0.3) is 0 Å². The van der Waals surface area contributed by atoms with Gasteiger partial charge in [-0.15, -0.1) is 0 Å². The zero-order valence-corrected chi connectivity index (χ0v) is 6.64. The summed E-state index contributed by atoms with van der Waals surface area (Å²) in [6, 6.07) is 0.976. The molecule has 0 aliphatic heterocycles. The van der Waals surface area contributed by atoms with Crippen LogP contribution >= 0.6 is 0 Å². The Morgan fingerprint density at radius 3 is 2.08 bits per heavy atom. The van der Waals surface area contributed by atoms with Crippen LogP contribution in [0.4, 0.5) is 13.2 Å². The first-order chi connectivity index (χ1) is 5.34. The minimum absolute atomic E-state index is 0.907. The van der Waals surface area contributed by atoms with Crippen molar-refractivity contribution in [3.05, 3.63) is 0 Å². The number of ketones is 1. The highest BCUT2D eigenvalue weighted by Gasteiger charge is 2.41. The molecule has 0 radical (unpaired) electrons. The summed E-state index contributed by atoms with van der Waals surface area (Å²) < 4.78 is 36.5. The SMILES string of the molecule is CC(C)(C(=O)C(F)C#N)C(F)F. The van der Waals surface area contributed by atoms with Gasteiger partial charge in [-0.2, -0.15) is 5.26 Å². The van der Waals surface area contributed by atoms with E-state index in [1.807, 2.05) is 0 Å². The maximum Gasteiger partial charge on any atom is 0.250 e. The molecule has 0 aromatic heterocycles. The predicted molar refractivity (Wildman–Crippen MR) is 35.3 cm³/mol. The second-order valence-electron chi connectivity index (χ2n) is 2.88. The normalized spacial score (nSPS) is 14.1.